The van der Waals surface area contributed by atoms with Crippen LogP contribution < -0.4 is 9.88 Å². The monoisotopic (exact) mass is 339 g/mol. The zero-order valence-electron chi connectivity index (χ0n) is 11.4. The first-order chi connectivity index (χ1) is 9.36. The second-order valence-electron chi connectivity index (χ2n) is 4.52. The minimum atomic E-state index is -3.88. The molecule has 1 aromatic rings. The van der Waals surface area contributed by atoms with Crippen LogP contribution in [0.25, 0.3) is 0 Å². The van der Waals surface area contributed by atoms with Gasteiger partial charge in [-0.3, -0.25) is 0 Å². The molecule has 1 rings (SSSR count). The van der Waals surface area contributed by atoms with Crippen molar-refractivity contribution in [3.63, 3.8) is 0 Å². The summed E-state index contributed by atoms with van der Waals surface area (Å²) in [6, 6.07) is 2.60. The third-order valence-corrected chi connectivity index (χ3v) is 4.47. The summed E-state index contributed by atoms with van der Waals surface area (Å²) < 4.78 is 28.1. The highest BCUT2D eigenvalue weighted by atomic mass is 35.5. The third kappa shape index (κ3) is 5.48. The van der Waals surface area contributed by atoms with Crippen LogP contribution >= 0.6 is 23.2 Å². The van der Waals surface area contributed by atoms with Gasteiger partial charge in [-0.15, -0.1) is 0 Å². The second-order valence-corrected chi connectivity index (χ2v) is 6.86. The molecule has 0 aliphatic carbocycles. The maximum atomic E-state index is 11.3. The van der Waals surface area contributed by atoms with E-state index in [9.17, 15) is 8.42 Å². The van der Waals surface area contributed by atoms with Crippen molar-refractivity contribution in [2.24, 2.45) is 5.14 Å². The van der Waals surface area contributed by atoms with E-state index in [0.29, 0.717) is 12.4 Å². The van der Waals surface area contributed by atoms with Gasteiger partial charge in [-0.05, 0) is 12.5 Å². The van der Waals surface area contributed by atoms with Gasteiger partial charge in [0.25, 0.3) is 0 Å². The van der Waals surface area contributed by atoms with Gasteiger partial charge >= 0.3 is 0 Å². The molecule has 20 heavy (non-hydrogen) atoms. The predicted molar refractivity (Wildman–Crippen MR) is 82.1 cm³/mol. The molecular formula is C13H19Cl2NO3S. The lowest BCUT2D eigenvalue weighted by atomic mass is 10.2. The Balaban J connectivity index is 2.62. The third-order valence-electron chi connectivity index (χ3n) is 2.80. The topological polar surface area (TPSA) is 69.4 Å². The van der Waals surface area contributed by atoms with Crippen LogP contribution in [0, 0.1) is 0 Å². The quantitative estimate of drug-likeness (QED) is 0.728. The van der Waals surface area contributed by atoms with Crippen molar-refractivity contribution in [2.75, 3.05) is 6.61 Å². The highest BCUT2D eigenvalue weighted by Gasteiger charge is 2.16. The number of benzene rings is 1. The molecule has 0 unspecified atom stereocenters. The summed E-state index contributed by atoms with van der Waals surface area (Å²) >= 11 is 11.8. The molecule has 0 fully saturated rings. The lowest BCUT2D eigenvalue weighted by molar-refractivity contribution is 0.304. The number of sulfonamides is 1. The summed E-state index contributed by atoms with van der Waals surface area (Å²) in [5.41, 5.74) is 0. The van der Waals surface area contributed by atoms with E-state index in [1.807, 2.05) is 0 Å². The molecule has 0 atom stereocenters. The van der Waals surface area contributed by atoms with E-state index >= 15 is 0 Å². The average Bonchev–Trinajstić information content (AvgIpc) is 2.35. The first kappa shape index (κ1) is 17.6. The Bertz CT molecular complexity index is 547. The van der Waals surface area contributed by atoms with E-state index in [1.54, 1.807) is 0 Å². The van der Waals surface area contributed by atoms with Crippen molar-refractivity contribution in [1.82, 2.24) is 0 Å². The van der Waals surface area contributed by atoms with Crippen LogP contribution in [0.5, 0.6) is 5.75 Å². The summed E-state index contributed by atoms with van der Waals surface area (Å²) in [6.45, 7) is 2.68. The van der Waals surface area contributed by atoms with Gasteiger partial charge < -0.3 is 4.74 Å². The molecule has 0 aromatic heterocycles. The van der Waals surface area contributed by atoms with Gasteiger partial charge in [-0.1, -0.05) is 55.8 Å². The minimum absolute atomic E-state index is 0.0119. The van der Waals surface area contributed by atoms with Crippen LogP contribution in [-0.4, -0.2) is 15.0 Å². The molecule has 0 aliphatic rings. The standard InChI is InChI=1S/C13H19Cl2NO3S/c1-2-3-4-5-6-7-19-12-8-11(15)13(9-10(12)14)20(16,17)18/h8-9H,2-7H2,1H3,(H2,16,17,18). The Hall–Kier alpha value is -0.490. The van der Waals surface area contributed by atoms with Crippen LogP contribution in [0.4, 0.5) is 0 Å². The lowest BCUT2D eigenvalue weighted by Crippen LogP contribution is -2.13. The van der Waals surface area contributed by atoms with Gasteiger partial charge in [0.2, 0.25) is 10.0 Å². The van der Waals surface area contributed by atoms with Crippen molar-refractivity contribution in [3.8, 4) is 5.75 Å². The number of hydrogen-bond acceptors (Lipinski definition) is 3. The van der Waals surface area contributed by atoms with Gasteiger partial charge in [0.1, 0.15) is 10.6 Å². The number of hydrogen-bond donors (Lipinski definition) is 1. The van der Waals surface area contributed by atoms with E-state index in [1.165, 1.54) is 31.4 Å². The fourth-order valence-electron chi connectivity index (χ4n) is 1.73. The molecule has 0 radical (unpaired) electrons. The Morgan fingerprint density at radius 1 is 1.10 bits per heavy atom. The van der Waals surface area contributed by atoms with Crippen LogP contribution in [-0.2, 0) is 10.0 Å². The SMILES string of the molecule is CCCCCCCOc1cc(Cl)c(S(N)(=O)=O)cc1Cl. The van der Waals surface area contributed by atoms with Crippen molar-refractivity contribution in [2.45, 2.75) is 43.9 Å². The van der Waals surface area contributed by atoms with Gasteiger partial charge in [0.15, 0.2) is 0 Å². The van der Waals surface area contributed by atoms with Gasteiger partial charge in [-0.25, -0.2) is 13.6 Å². The van der Waals surface area contributed by atoms with Crippen molar-refractivity contribution in [1.29, 1.82) is 0 Å². The molecule has 0 spiro atoms. The first-order valence-corrected chi connectivity index (χ1v) is 8.81. The van der Waals surface area contributed by atoms with Crippen molar-refractivity contribution < 1.29 is 13.2 Å². The molecule has 7 heteroatoms. The van der Waals surface area contributed by atoms with Crippen molar-refractivity contribution in [3.05, 3.63) is 22.2 Å². The molecular weight excluding hydrogens is 321 g/mol. The average molecular weight is 340 g/mol. The van der Waals surface area contributed by atoms with Crippen LogP contribution in [0.3, 0.4) is 0 Å². The molecule has 0 amide bonds. The normalized spacial score (nSPS) is 11.6. The summed E-state index contributed by atoms with van der Waals surface area (Å²) in [4.78, 5) is -0.195. The molecule has 0 saturated heterocycles. The number of rotatable bonds is 8. The van der Waals surface area contributed by atoms with E-state index < -0.39 is 10.0 Å². The molecule has 0 saturated carbocycles. The van der Waals surface area contributed by atoms with Gasteiger partial charge in [0, 0.05) is 6.07 Å². The molecule has 4 nitrogen and oxygen atoms in total. The van der Waals surface area contributed by atoms with Crippen molar-refractivity contribution >= 4 is 33.2 Å². The molecule has 114 valence electrons. The Labute approximate surface area is 130 Å². The summed E-state index contributed by atoms with van der Waals surface area (Å²) in [5.74, 6) is 0.375. The van der Waals surface area contributed by atoms with E-state index in [2.05, 4.69) is 6.92 Å². The smallest absolute Gasteiger partial charge is 0.239 e. The van der Waals surface area contributed by atoms with Crippen LogP contribution in [0.2, 0.25) is 10.0 Å². The summed E-state index contributed by atoms with van der Waals surface area (Å²) in [5, 5.41) is 5.23. The van der Waals surface area contributed by atoms with Gasteiger partial charge in [0.05, 0.1) is 16.7 Å². The van der Waals surface area contributed by atoms with E-state index in [0.717, 1.165) is 12.8 Å². The predicted octanol–water partition coefficient (Wildman–Crippen LogP) is 3.99. The lowest BCUT2D eigenvalue weighted by Gasteiger charge is -2.10. The summed E-state index contributed by atoms with van der Waals surface area (Å²) in [7, 11) is -3.88. The largest absolute Gasteiger partial charge is 0.492 e. The number of halogens is 2. The zero-order chi connectivity index (χ0) is 15.2. The first-order valence-electron chi connectivity index (χ1n) is 6.51. The molecule has 0 aliphatic heterocycles. The van der Waals surface area contributed by atoms with Gasteiger partial charge in [-0.2, -0.15) is 0 Å². The Kier molecular flexibility index (Phi) is 7.09. The second kappa shape index (κ2) is 8.08. The molecule has 1 aromatic carbocycles. The maximum Gasteiger partial charge on any atom is 0.239 e. The van der Waals surface area contributed by atoms with E-state index in [-0.39, 0.29) is 14.9 Å². The highest BCUT2D eigenvalue weighted by molar-refractivity contribution is 7.89. The fraction of sp³-hybridized carbons (Fsp3) is 0.538. The van der Waals surface area contributed by atoms with Crippen LogP contribution in [0.15, 0.2) is 17.0 Å². The number of ether oxygens (including phenoxy) is 1. The number of unbranched alkanes of at least 4 members (excludes halogenated alkanes) is 4. The molecule has 0 heterocycles. The van der Waals surface area contributed by atoms with Crippen LogP contribution in [0.1, 0.15) is 39.0 Å². The molecule has 0 bridgehead atoms. The fourth-order valence-corrected chi connectivity index (χ4v) is 3.10. The Morgan fingerprint density at radius 3 is 2.35 bits per heavy atom. The zero-order valence-corrected chi connectivity index (χ0v) is 13.7. The summed E-state index contributed by atoms with van der Waals surface area (Å²) in [6.07, 6.45) is 5.60. The highest BCUT2D eigenvalue weighted by Crippen LogP contribution is 2.33. The van der Waals surface area contributed by atoms with E-state index in [4.69, 9.17) is 33.1 Å². The maximum absolute atomic E-state index is 11.3. The Morgan fingerprint density at radius 2 is 1.75 bits per heavy atom. The molecule has 2 N–H and O–H groups in total. The number of nitrogens with two attached hydrogens (primary N) is 1. The minimum Gasteiger partial charge on any atom is -0.492 e. The number of primary sulfonamides is 1.